The zero-order chi connectivity index (χ0) is 24.7. The van der Waals surface area contributed by atoms with E-state index in [1.807, 2.05) is 49.8 Å². The minimum Gasteiger partial charge on any atom is -0.453 e. The minimum atomic E-state index is -0.517. The van der Waals surface area contributed by atoms with E-state index in [-0.39, 0.29) is 24.1 Å². The molecule has 0 bridgehead atoms. The number of fused-ring (bicyclic) bond motifs is 1. The number of rotatable bonds is 3. The van der Waals surface area contributed by atoms with Gasteiger partial charge in [-0.2, -0.15) is 10.1 Å². The Balaban J connectivity index is 1.28. The summed E-state index contributed by atoms with van der Waals surface area (Å²) < 4.78 is 17.8. The molecule has 0 N–H and O–H groups in total. The number of carbonyl (C=O) groups excluding carboxylic acids is 2. The Morgan fingerprint density at radius 1 is 1.09 bits per heavy atom. The van der Waals surface area contributed by atoms with Crippen molar-refractivity contribution in [1.29, 1.82) is 0 Å². The third-order valence-electron chi connectivity index (χ3n) is 6.44. The molecule has 11 heteroatoms. The van der Waals surface area contributed by atoms with Crippen LogP contribution in [0.3, 0.4) is 0 Å². The summed E-state index contributed by atoms with van der Waals surface area (Å²) in [4.78, 5) is 32.0. The standard InChI is InChI=1S/C24H30N6O5/c1-24(2,3)34-23(32)29-13-18(14-29)30-19-11-16(5-6-17(19)12-25-30)20-26-21(35-27-20)15-7-9-28(10-8-15)22(31)33-4/h5-6,11-12,15,18H,7-10,13-14H2,1-4H3. The van der Waals surface area contributed by atoms with Crippen molar-refractivity contribution >= 4 is 23.1 Å². The lowest BCUT2D eigenvalue weighted by Gasteiger charge is -2.39. The first-order valence-electron chi connectivity index (χ1n) is 11.8. The van der Waals surface area contributed by atoms with Crippen LogP contribution in [0.4, 0.5) is 9.59 Å². The van der Waals surface area contributed by atoms with Crippen LogP contribution in [-0.2, 0) is 9.47 Å². The van der Waals surface area contributed by atoms with E-state index in [1.165, 1.54) is 7.11 Å². The number of aromatic nitrogens is 4. The van der Waals surface area contributed by atoms with E-state index in [4.69, 9.17) is 14.0 Å². The Morgan fingerprint density at radius 2 is 1.83 bits per heavy atom. The highest BCUT2D eigenvalue weighted by Crippen LogP contribution is 2.31. The van der Waals surface area contributed by atoms with Gasteiger partial charge >= 0.3 is 12.2 Å². The number of hydrogen-bond acceptors (Lipinski definition) is 8. The van der Waals surface area contributed by atoms with Crippen LogP contribution >= 0.6 is 0 Å². The molecule has 0 saturated carbocycles. The normalized spacial score (nSPS) is 17.5. The molecular weight excluding hydrogens is 452 g/mol. The third kappa shape index (κ3) is 4.67. The number of carbonyl (C=O) groups is 2. The van der Waals surface area contributed by atoms with Gasteiger partial charge < -0.3 is 23.8 Å². The zero-order valence-corrected chi connectivity index (χ0v) is 20.4. The summed E-state index contributed by atoms with van der Waals surface area (Å²) >= 11 is 0. The molecule has 0 spiro atoms. The number of hydrogen-bond donors (Lipinski definition) is 0. The van der Waals surface area contributed by atoms with Gasteiger partial charge in [0.25, 0.3) is 0 Å². The second-order valence-electron chi connectivity index (χ2n) is 10.1. The fourth-order valence-electron chi connectivity index (χ4n) is 4.51. The molecule has 3 aromatic rings. The van der Waals surface area contributed by atoms with Gasteiger partial charge in [-0.3, -0.25) is 4.68 Å². The molecule has 1 aromatic carbocycles. The van der Waals surface area contributed by atoms with Gasteiger partial charge in [0, 0.05) is 43.0 Å². The predicted octanol–water partition coefficient (Wildman–Crippen LogP) is 3.82. The summed E-state index contributed by atoms with van der Waals surface area (Å²) in [5.74, 6) is 1.22. The summed E-state index contributed by atoms with van der Waals surface area (Å²) in [7, 11) is 1.39. The van der Waals surface area contributed by atoms with E-state index < -0.39 is 5.60 Å². The SMILES string of the molecule is COC(=O)N1CCC(c2nc(-c3ccc4cnn(C5CN(C(=O)OC(C)(C)C)C5)c4c3)no2)CC1. The van der Waals surface area contributed by atoms with Crippen molar-refractivity contribution in [3.63, 3.8) is 0 Å². The summed E-state index contributed by atoms with van der Waals surface area (Å²) in [6.07, 6.45) is 2.71. The van der Waals surface area contributed by atoms with Crippen molar-refractivity contribution in [1.82, 2.24) is 29.7 Å². The van der Waals surface area contributed by atoms with Crippen LogP contribution in [0.25, 0.3) is 22.3 Å². The summed E-state index contributed by atoms with van der Waals surface area (Å²) in [6.45, 7) is 7.88. The van der Waals surface area contributed by atoms with E-state index in [0.717, 1.165) is 29.3 Å². The molecule has 4 heterocycles. The molecule has 35 heavy (non-hydrogen) atoms. The van der Waals surface area contributed by atoms with Gasteiger partial charge in [-0.15, -0.1) is 0 Å². The van der Waals surface area contributed by atoms with E-state index in [2.05, 4.69) is 15.2 Å². The van der Waals surface area contributed by atoms with Crippen LogP contribution in [0.2, 0.25) is 0 Å². The second-order valence-corrected chi connectivity index (χ2v) is 10.1. The van der Waals surface area contributed by atoms with Crippen LogP contribution in [0.15, 0.2) is 28.9 Å². The fourth-order valence-corrected chi connectivity index (χ4v) is 4.51. The fraction of sp³-hybridized carbons (Fsp3) is 0.542. The largest absolute Gasteiger partial charge is 0.453 e. The quantitative estimate of drug-likeness (QED) is 0.553. The lowest BCUT2D eigenvalue weighted by Crippen LogP contribution is -2.52. The van der Waals surface area contributed by atoms with Crippen LogP contribution < -0.4 is 0 Å². The zero-order valence-electron chi connectivity index (χ0n) is 20.4. The monoisotopic (exact) mass is 482 g/mol. The molecule has 2 amide bonds. The molecule has 2 saturated heterocycles. The summed E-state index contributed by atoms with van der Waals surface area (Å²) in [5.41, 5.74) is 1.27. The molecular formula is C24H30N6O5. The Hall–Kier alpha value is -3.63. The maximum atomic E-state index is 12.3. The van der Waals surface area contributed by atoms with E-state index in [9.17, 15) is 9.59 Å². The van der Waals surface area contributed by atoms with Gasteiger partial charge in [0.2, 0.25) is 11.7 Å². The van der Waals surface area contributed by atoms with Crippen molar-refractivity contribution in [2.75, 3.05) is 33.3 Å². The lowest BCUT2D eigenvalue weighted by atomic mass is 9.97. The first-order valence-corrected chi connectivity index (χ1v) is 11.8. The molecule has 11 nitrogen and oxygen atoms in total. The van der Waals surface area contributed by atoms with Gasteiger partial charge in [-0.25, -0.2) is 9.59 Å². The van der Waals surface area contributed by atoms with Crippen LogP contribution in [0.1, 0.15) is 51.5 Å². The second kappa shape index (κ2) is 8.86. The van der Waals surface area contributed by atoms with Crippen LogP contribution in [0.5, 0.6) is 0 Å². The molecule has 2 aliphatic heterocycles. The maximum Gasteiger partial charge on any atom is 0.410 e. The highest BCUT2D eigenvalue weighted by Gasteiger charge is 2.36. The van der Waals surface area contributed by atoms with Crippen LogP contribution in [0, 0.1) is 0 Å². The number of piperidine rings is 1. The topological polar surface area (TPSA) is 116 Å². The number of ether oxygens (including phenoxy) is 2. The van der Waals surface area contributed by atoms with Crippen molar-refractivity contribution in [3.05, 3.63) is 30.3 Å². The molecule has 0 aliphatic carbocycles. The predicted molar refractivity (Wildman–Crippen MR) is 126 cm³/mol. The highest BCUT2D eigenvalue weighted by molar-refractivity contribution is 5.83. The van der Waals surface area contributed by atoms with Gasteiger partial charge in [-0.1, -0.05) is 17.3 Å². The van der Waals surface area contributed by atoms with Crippen molar-refractivity contribution in [2.45, 2.75) is 51.2 Å². The Morgan fingerprint density at radius 3 is 2.51 bits per heavy atom. The molecule has 186 valence electrons. The molecule has 5 rings (SSSR count). The molecule has 2 aromatic heterocycles. The molecule has 0 atom stereocenters. The van der Waals surface area contributed by atoms with E-state index in [0.29, 0.717) is 37.9 Å². The first-order chi connectivity index (χ1) is 16.7. The Bertz CT molecular complexity index is 1230. The van der Waals surface area contributed by atoms with Gasteiger partial charge in [0.1, 0.15) is 5.60 Å². The lowest BCUT2D eigenvalue weighted by molar-refractivity contribution is 0.000153. The maximum absolute atomic E-state index is 12.3. The third-order valence-corrected chi connectivity index (χ3v) is 6.44. The average Bonchev–Trinajstić information content (AvgIpc) is 3.44. The van der Waals surface area contributed by atoms with Gasteiger partial charge in [0.15, 0.2) is 0 Å². The Kier molecular flexibility index (Phi) is 5.86. The van der Waals surface area contributed by atoms with Crippen molar-refractivity contribution in [3.8, 4) is 11.4 Å². The number of benzene rings is 1. The van der Waals surface area contributed by atoms with Crippen molar-refractivity contribution in [2.24, 2.45) is 0 Å². The smallest absolute Gasteiger partial charge is 0.410 e. The number of nitrogens with zero attached hydrogens (tertiary/aromatic N) is 6. The first kappa shape index (κ1) is 23.1. The highest BCUT2D eigenvalue weighted by atomic mass is 16.6. The molecule has 2 aliphatic rings. The minimum absolute atomic E-state index is 0.0797. The van der Waals surface area contributed by atoms with Crippen LogP contribution in [-0.4, -0.2) is 80.8 Å². The molecule has 0 radical (unpaired) electrons. The average molecular weight is 483 g/mol. The Labute approximate surface area is 202 Å². The van der Waals surface area contributed by atoms with E-state index in [1.54, 1.807) is 9.80 Å². The number of likely N-dealkylation sites (tertiary alicyclic amines) is 2. The molecule has 0 unspecified atom stereocenters. The number of amides is 2. The van der Waals surface area contributed by atoms with Crippen molar-refractivity contribution < 1.29 is 23.6 Å². The number of methoxy groups -OCH3 is 1. The summed E-state index contributed by atoms with van der Waals surface area (Å²) in [5, 5.41) is 9.77. The van der Waals surface area contributed by atoms with E-state index >= 15 is 0 Å². The molecule has 2 fully saturated rings. The summed E-state index contributed by atoms with van der Waals surface area (Å²) in [6, 6.07) is 6.03. The van der Waals surface area contributed by atoms with Gasteiger partial charge in [0.05, 0.1) is 24.9 Å². The van der Waals surface area contributed by atoms with Gasteiger partial charge in [-0.05, 0) is 39.7 Å².